The van der Waals surface area contributed by atoms with Gasteiger partial charge >= 0.3 is 15.6 Å². The van der Waals surface area contributed by atoms with Crippen molar-refractivity contribution in [3.05, 3.63) is 71.8 Å². The zero-order valence-corrected chi connectivity index (χ0v) is 13.7. The van der Waals surface area contributed by atoms with Crippen LogP contribution in [0, 0.1) is 0 Å². The van der Waals surface area contributed by atoms with E-state index in [1.807, 2.05) is 36.4 Å². The maximum absolute atomic E-state index is 10.7. The van der Waals surface area contributed by atoms with Crippen molar-refractivity contribution >= 4 is 22.7 Å². The summed E-state index contributed by atoms with van der Waals surface area (Å²) in [7, 11) is -5.84. The van der Waals surface area contributed by atoms with E-state index in [9.17, 15) is 13.2 Å². The number of hydrogen-bond donors (Lipinski definition) is 2. The normalized spacial score (nSPS) is 12.3. The Hall–Kier alpha value is -1.51. The second-order valence-corrected chi connectivity index (χ2v) is 7.03. The van der Waals surface area contributed by atoms with Crippen LogP contribution >= 0.6 is 12.6 Å². The molecule has 2 aromatic carbocycles. The summed E-state index contributed by atoms with van der Waals surface area (Å²) in [6.45, 7) is 2.13. The molecular weight excluding hydrogens is 349 g/mol. The van der Waals surface area contributed by atoms with Crippen LogP contribution in [0.4, 0.5) is 13.2 Å². The number of halogens is 3. The van der Waals surface area contributed by atoms with Gasteiger partial charge < -0.3 is 0 Å². The van der Waals surface area contributed by atoms with Crippen LogP contribution in [-0.4, -0.2) is 18.5 Å². The Labute approximate surface area is 138 Å². The van der Waals surface area contributed by atoms with Gasteiger partial charge in [-0.15, -0.1) is 0 Å². The number of rotatable bonds is 2. The summed E-state index contributed by atoms with van der Waals surface area (Å²) in [5.41, 5.74) is -3.09. The first kappa shape index (κ1) is 19.5. The average molecular weight is 364 g/mol. The van der Waals surface area contributed by atoms with E-state index in [2.05, 4.69) is 31.2 Å². The quantitative estimate of drug-likeness (QED) is 0.475. The van der Waals surface area contributed by atoms with Crippen molar-refractivity contribution < 1.29 is 26.1 Å². The van der Waals surface area contributed by atoms with E-state index < -0.39 is 15.6 Å². The molecule has 0 saturated carbocycles. The predicted octanol–water partition coefficient (Wildman–Crippen LogP) is 4.27. The Balaban J connectivity index is 0.000000284. The summed E-state index contributed by atoms with van der Waals surface area (Å²) in [5, 5.41) is 0. The Bertz CT molecular complexity index is 671. The largest absolute Gasteiger partial charge is 0.522 e. The third-order valence-corrected chi connectivity index (χ3v) is 4.07. The van der Waals surface area contributed by atoms with Gasteiger partial charge in [0.2, 0.25) is 0 Å². The first-order chi connectivity index (χ1) is 10.5. The summed E-state index contributed by atoms with van der Waals surface area (Å²) < 4.78 is 57.3. The first-order valence-corrected chi connectivity index (χ1v) is 8.22. The lowest BCUT2D eigenvalue weighted by molar-refractivity contribution is -0.0510. The molecule has 0 bridgehead atoms. The van der Waals surface area contributed by atoms with Crippen LogP contribution in [0.15, 0.2) is 60.7 Å². The van der Waals surface area contributed by atoms with Gasteiger partial charge in [0, 0.05) is 0 Å². The zero-order valence-electron chi connectivity index (χ0n) is 12.0. The van der Waals surface area contributed by atoms with Crippen molar-refractivity contribution in [1.29, 1.82) is 0 Å². The summed E-state index contributed by atoms with van der Waals surface area (Å²) in [4.78, 5) is 0. The van der Waals surface area contributed by atoms with Crippen molar-refractivity contribution in [2.24, 2.45) is 0 Å². The van der Waals surface area contributed by atoms with Gasteiger partial charge in [-0.3, -0.25) is 4.55 Å². The van der Waals surface area contributed by atoms with Crippen molar-refractivity contribution in [1.82, 2.24) is 0 Å². The Morgan fingerprint density at radius 2 is 1.13 bits per heavy atom. The Kier molecular flexibility index (Phi) is 6.26. The second kappa shape index (κ2) is 7.37. The lowest BCUT2D eigenvalue weighted by atomic mass is 9.92. The van der Waals surface area contributed by atoms with E-state index in [1.54, 1.807) is 0 Å². The molecule has 0 unspecified atom stereocenters. The summed E-state index contributed by atoms with van der Waals surface area (Å²) >= 11 is 4.77. The molecular formula is C15H15F3O3S2. The number of thiol groups is 1. The van der Waals surface area contributed by atoms with Crippen molar-refractivity contribution in [2.75, 3.05) is 0 Å². The number of hydrogen-bond acceptors (Lipinski definition) is 3. The average Bonchev–Trinajstić information content (AvgIpc) is 2.48. The van der Waals surface area contributed by atoms with E-state index in [1.165, 1.54) is 11.1 Å². The van der Waals surface area contributed by atoms with Gasteiger partial charge in [-0.05, 0) is 18.1 Å². The molecule has 2 aromatic rings. The highest BCUT2D eigenvalue weighted by Gasteiger charge is 2.44. The minimum Gasteiger partial charge on any atom is -0.279 e. The third-order valence-electron chi connectivity index (χ3n) is 2.96. The van der Waals surface area contributed by atoms with Crippen LogP contribution in [-0.2, 0) is 14.9 Å². The molecule has 0 amide bonds. The molecule has 0 aliphatic rings. The SMILES string of the molecule is CC(S)(c1ccccc1)c1ccccc1.O=S(=O)(O)C(F)(F)F. The molecule has 0 aromatic heterocycles. The van der Waals surface area contributed by atoms with E-state index in [0.717, 1.165) is 0 Å². The van der Waals surface area contributed by atoms with Gasteiger partial charge in [0.05, 0.1) is 4.75 Å². The topological polar surface area (TPSA) is 54.4 Å². The van der Waals surface area contributed by atoms with Crippen LogP contribution in [0.2, 0.25) is 0 Å². The van der Waals surface area contributed by atoms with Gasteiger partial charge in [0.25, 0.3) is 0 Å². The lowest BCUT2D eigenvalue weighted by Gasteiger charge is -2.24. The van der Waals surface area contributed by atoms with Crippen LogP contribution in [0.5, 0.6) is 0 Å². The third kappa shape index (κ3) is 5.56. The molecule has 8 heteroatoms. The molecule has 0 spiro atoms. The van der Waals surface area contributed by atoms with Gasteiger partial charge in [0.1, 0.15) is 0 Å². The van der Waals surface area contributed by atoms with E-state index in [4.69, 9.17) is 25.6 Å². The molecule has 3 nitrogen and oxygen atoms in total. The fourth-order valence-corrected chi connectivity index (χ4v) is 1.99. The van der Waals surface area contributed by atoms with Crippen molar-refractivity contribution in [2.45, 2.75) is 17.2 Å². The first-order valence-electron chi connectivity index (χ1n) is 6.33. The number of benzene rings is 2. The summed E-state index contributed by atoms with van der Waals surface area (Å²) in [5.74, 6) is 0. The lowest BCUT2D eigenvalue weighted by Crippen LogP contribution is -2.21. The molecule has 23 heavy (non-hydrogen) atoms. The maximum Gasteiger partial charge on any atom is 0.522 e. The van der Waals surface area contributed by atoms with E-state index in [0.29, 0.717) is 0 Å². The highest BCUT2D eigenvalue weighted by molar-refractivity contribution is 7.86. The fraction of sp³-hybridized carbons (Fsp3) is 0.200. The molecule has 0 aliphatic heterocycles. The molecule has 1 N–H and O–H groups in total. The summed E-state index contributed by atoms with van der Waals surface area (Å²) in [6, 6.07) is 20.7. The molecule has 126 valence electrons. The van der Waals surface area contributed by atoms with Crippen LogP contribution in [0.1, 0.15) is 18.1 Å². The molecule has 2 rings (SSSR count). The monoisotopic (exact) mass is 364 g/mol. The van der Waals surface area contributed by atoms with E-state index >= 15 is 0 Å². The highest BCUT2D eigenvalue weighted by atomic mass is 32.2. The Morgan fingerprint density at radius 3 is 1.35 bits per heavy atom. The van der Waals surface area contributed by atoms with Crippen LogP contribution in [0.25, 0.3) is 0 Å². The minimum atomic E-state index is -5.84. The Morgan fingerprint density at radius 1 is 0.870 bits per heavy atom. The van der Waals surface area contributed by atoms with Crippen LogP contribution in [0.3, 0.4) is 0 Å². The smallest absolute Gasteiger partial charge is 0.279 e. The standard InChI is InChI=1S/C14H14S.CHF3O3S/c1-14(15,12-8-4-2-5-9-12)13-10-6-3-7-11-13;2-1(3,4)8(5,6)7/h2-11,15H,1H3;(H,5,6,7). The number of alkyl halides is 3. The second-order valence-electron chi connectivity index (χ2n) is 4.73. The molecule has 0 saturated heterocycles. The molecule has 0 atom stereocenters. The van der Waals surface area contributed by atoms with E-state index in [-0.39, 0.29) is 4.75 Å². The van der Waals surface area contributed by atoms with Crippen LogP contribution < -0.4 is 0 Å². The molecule has 0 aliphatic carbocycles. The maximum atomic E-state index is 10.7. The summed E-state index contributed by atoms with van der Waals surface area (Å²) in [6.07, 6.45) is 0. The van der Waals surface area contributed by atoms with Crippen molar-refractivity contribution in [3.63, 3.8) is 0 Å². The molecule has 0 fully saturated rings. The van der Waals surface area contributed by atoms with Gasteiger partial charge in [-0.2, -0.15) is 34.2 Å². The minimum absolute atomic E-state index is 0.220. The van der Waals surface area contributed by atoms with Gasteiger partial charge in [-0.1, -0.05) is 60.7 Å². The van der Waals surface area contributed by atoms with Gasteiger partial charge in [0.15, 0.2) is 0 Å². The van der Waals surface area contributed by atoms with Crippen molar-refractivity contribution in [3.8, 4) is 0 Å². The molecule has 0 heterocycles. The van der Waals surface area contributed by atoms with Gasteiger partial charge in [-0.25, -0.2) is 0 Å². The predicted molar refractivity (Wildman–Crippen MR) is 85.9 cm³/mol. The highest BCUT2D eigenvalue weighted by Crippen LogP contribution is 2.35. The fourth-order valence-electron chi connectivity index (χ4n) is 1.69. The zero-order chi connectivity index (χ0) is 17.7. The molecule has 0 radical (unpaired) electrons.